The topological polar surface area (TPSA) is 9.23 Å². The lowest BCUT2D eigenvalue weighted by Gasteiger charge is -2.07. The summed E-state index contributed by atoms with van der Waals surface area (Å²) in [6.07, 6.45) is 0. The third-order valence-corrected chi connectivity index (χ3v) is 2.42. The van der Waals surface area contributed by atoms with Gasteiger partial charge in [-0.15, -0.1) is 0 Å². The number of benzene rings is 2. The lowest BCUT2D eigenvalue weighted by molar-refractivity contribution is 0.338. The highest BCUT2D eigenvalue weighted by molar-refractivity contribution is 5.65. The van der Waals surface area contributed by atoms with Crippen LogP contribution in [0.3, 0.4) is 0 Å². The highest BCUT2D eigenvalue weighted by Crippen LogP contribution is 2.28. The maximum absolute atomic E-state index is 13.8. The molecule has 2 aromatic carbocycles. The lowest BCUT2D eigenvalue weighted by Crippen LogP contribution is -1.94. The Kier molecular flexibility index (Phi) is 3.38. The first-order valence-corrected chi connectivity index (χ1v) is 5.39. The lowest BCUT2D eigenvalue weighted by atomic mass is 10.0. The van der Waals surface area contributed by atoms with E-state index in [9.17, 15) is 8.78 Å². The Morgan fingerprint density at radius 2 is 1.65 bits per heavy atom. The van der Waals surface area contributed by atoms with Gasteiger partial charge in [-0.25, -0.2) is 8.78 Å². The van der Waals surface area contributed by atoms with Crippen LogP contribution in [0.15, 0.2) is 42.5 Å². The van der Waals surface area contributed by atoms with Crippen LogP contribution in [0.4, 0.5) is 8.78 Å². The minimum atomic E-state index is -0.485. The molecular weight excluding hydrogens is 222 g/mol. The molecule has 88 valence electrons. The smallest absolute Gasteiger partial charge is 0.134 e. The molecule has 0 amide bonds. The first-order valence-electron chi connectivity index (χ1n) is 5.39. The van der Waals surface area contributed by atoms with Crippen LogP contribution in [0.1, 0.15) is 6.92 Å². The molecule has 0 unspecified atom stereocenters. The molecular formula is C14H12F2O. The third-order valence-electron chi connectivity index (χ3n) is 2.42. The van der Waals surface area contributed by atoms with E-state index >= 15 is 0 Å². The van der Waals surface area contributed by atoms with Crippen molar-refractivity contribution in [2.24, 2.45) is 0 Å². The summed E-state index contributed by atoms with van der Waals surface area (Å²) < 4.78 is 32.5. The Morgan fingerprint density at radius 1 is 0.941 bits per heavy atom. The van der Waals surface area contributed by atoms with Crippen LogP contribution in [0.25, 0.3) is 11.1 Å². The SMILES string of the molecule is CCOc1ccc(-c2ccccc2F)c(F)c1. The second-order valence-corrected chi connectivity index (χ2v) is 3.55. The highest BCUT2D eigenvalue weighted by atomic mass is 19.1. The fourth-order valence-corrected chi connectivity index (χ4v) is 1.65. The molecule has 17 heavy (non-hydrogen) atoms. The van der Waals surface area contributed by atoms with Gasteiger partial charge in [-0.1, -0.05) is 18.2 Å². The second-order valence-electron chi connectivity index (χ2n) is 3.55. The van der Waals surface area contributed by atoms with Crippen molar-refractivity contribution in [2.45, 2.75) is 6.92 Å². The molecule has 2 aromatic rings. The molecule has 0 aliphatic rings. The van der Waals surface area contributed by atoms with Gasteiger partial charge >= 0.3 is 0 Å². The van der Waals surface area contributed by atoms with Crippen molar-refractivity contribution in [3.05, 3.63) is 54.1 Å². The van der Waals surface area contributed by atoms with Crippen molar-refractivity contribution < 1.29 is 13.5 Å². The summed E-state index contributed by atoms with van der Waals surface area (Å²) in [5.41, 5.74) is 0.500. The Bertz CT molecular complexity index is 523. The molecule has 0 aliphatic heterocycles. The largest absolute Gasteiger partial charge is 0.494 e. The third kappa shape index (κ3) is 2.44. The maximum Gasteiger partial charge on any atom is 0.134 e. The summed E-state index contributed by atoms with van der Waals surface area (Å²) >= 11 is 0. The second kappa shape index (κ2) is 4.95. The summed E-state index contributed by atoms with van der Waals surface area (Å²) in [5.74, 6) is -0.471. The van der Waals surface area contributed by atoms with Crippen LogP contribution < -0.4 is 4.74 Å². The van der Waals surface area contributed by atoms with Gasteiger partial charge in [0.15, 0.2) is 0 Å². The molecule has 0 saturated heterocycles. The Labute approximate surface area is 98.7 Å². The minimum absolute atomic E-state index is 0.242. The predicted molar refractivity (Wildman–Crippen MR) is 63.0 cm³/mol. The molecule has 0 bridgehead atoms. The first kappa shape index (κ1) is 11.6. The van der Waals surface area contributed by atoms with Crippen LogP contribution in [0.2, 0.25) is 0 Å². The molecule has 0 aromatic heterocycles. The van der Waals surface area contributed by atoms with E-state index in [4.69, 9.17) is 4.74 Å². The van der Waals surface area contributed by atoms with Gasteiger partial charge in [0, 0.05) is 17.2 Å². The summed E-state index contributed by atoms with van der Waals surface area (Å²) in [6, 6.07) is 10.5. The van der Waals surface area contributed by atoms with Crippen molar-refractivity contribution in [3.63, 3.8) is 0 Å². The van der Waals surface area contributed by atoms with Crippen molar-refractivity contribution >= 4 is 0 Å². The van der Waals surface area contributed by atoms with Crippen LogP contribution in [-0.2, 0) is 0 Å². The van der Waals surface area contributed by atoms with Crippen molar-refractivity contribution in [1.82, 2.24) is 0 Å². The predicted octanol–water partition coefficient (Wildman–Crippen LogP) is 4.03. The number of ether oxygens (including phenoxy) is 1. The average Bonchev–Trinajstić information content (AvgIpc) is 2.31. The maximum atomic E-state index is 13.8. The van der Waals surface area contributed by atoms with Crippen molar-refractivity contribution in [2.75, 3.05) is 6.61 Å². The van der Waals surface area contributed by atoms with Crippen LogP contribution in [0.5, 0.6) is 5.75 Å². The van der Waals surface area contributed by atoms with Gasteiger partial charge in [0.25, 0.3) is 0 Å². The number of rotatable bonds is 3. The molecule has 0 N–H and O–H groups in total. The van der Waals surface area contributed by atoms with Crippen molar-refractivity contribution in [3.8, 4) is 16.9 Å². The molecule has 0 saturated carbocycles. The van der Waals surface area contributed by atoms with Gasteiger partial charge in [0.05, 0.1) is 6.61 Å². The fourth-order valence-electron chi connectivity index (χ4n) is 1.65. The molecule has 0 fully saturated rings. The molecule has 1 nitrogen and oxygen atoms in total. The number of hydrogen-bond acceptors (Lipinski definition) is 1. The summed E-state index contributed by atoms with van der Waals surface area (Å²) in [6.45, 7) is 2.29. The summed E-state index contributed by atoms with van der Waals surface area (Å²) in [7, 11) is 0. The molecule has 3 heteroatoms. The monoisotopic (exact) mass is 234 g/mol. The van der Waals surface area contributed by atoms with E-state index < -0.39 is 11.6 Å². The molecule has 0 atom stereocenters. The Morgan fingerprint density at radius 3 is 2.29 bits per heavy atom. The molecule has 0 aliphatic carbocycles. The zero-order valence-electron chi connectivity index (χ0n) is 9.41. The van der Waals surface area contributed by atoms with Crippen LogP contribution in [0, 0.1) is 11.6 Å². The highest BCUT2D eigenvalue weighted by Gasteiger charge is 2.10. The van der Waals surface area contributed by atoms with Gasteiger partial charge in [-0.2, -0.15) is 0 Å². The van der Waals surface area contributed by atoms with E-state index in [-0.39, 0.29) is 11.1 Å². The van der Waals surface area contributed by atoms with E-state index in [0.717, 1.165) is 0 Å². The van der Waals surface area contributed by atoms with E-state index in [0.29, 0.717) is 12.4 Å². The zero-order chi connectivity index (χ0) is 12.3. The van der Waals surface area contributed by atoms with Gasteiger partial charge in [0.2, 0.25) is 0 Å². The molecule has 0 heterocycles. The molecule has 2 rings (SSSR count). The zero-order valence-corrected chi connectivity index (χ0v) is 9.41. The quantitative estimate of drug-likeness (QED) is 0.779. The average molecular weight is 234 g/mol. The minimum Gasteiger partial charge on any atom is -0.494 e. The van der Waals surface area contributed by atoms with Crippen molar-refractivity contribution in [1.29, 1.82) is 0 Å². The number of halogens is 2. The summed E-state index contributed by atoms with van der Waals surface area (Å²) in [4.78, 5) is 0. The van der Waals surface area contributed by atoms with E-state index in [1.165, 1.54) is 18.2 Å². The number of hydrogen-bond donors (Lipinski definition) is 0. The van der Waals surface area contributed by atoms with E-state index in [2.05, 4.69) is 0 Å². The van der Waals surface area contributed by atoms with Gasteiger partial charge in [-0.3, -0.25) is 0 Å². The first-order chi connectivity index (χ1) is 8.22. The Balaban J connectivity index is 2.44. The van der Waals surface area contributed by atoms with E-state index in [1.807, 2.05) is 6.92 Å². The van der Waals surface area contributed by atoms with Gasteiger partial charge in [-0.05, 0) is 25.1 Å². The fraction of sp³-hybridized carbons (Fsp3) is 0.143. The normalized spacial score (nSPS) is 10.3. The molecule has 0 spiro atoms. The van der Waals surface area contributed by atoms with Gasteiger partial charge < -0.3 is 4.74 Å². The van der Waals surface area contributed by atoms with Crippen LogP contribution >= 0.6 is 0 Å². The van der Waals surface area contributed by atoms with E-state index in [1.54, 1.807) is 24.3 Å². The standard InChI is InChI=1S/C14H12F2O/c1-2-17-10-7-8-12(14(16)9-10)11-5-3-4-6-13(11)15/h3-9H,2H2,1H3. The summed E-state index contributed by atoms with van der Waals surface area (Å²) in [5, 5.41) is 0. The van der Waals surface area contributed by atoms with Gasteiger partial charge in [0.1, 0.15) is 17.4 Å². The Hall–Kier alpha value is -1.90. The molecule has 0 radical (unpaired) electrons. The van der Waals surface area contributed by atoms with Crippen LogP contribution in [-0.4, -0.2) is 6.61 Å².